The van der Waals surface area contributed by atoms with Gasteiger partial charge < -0.3 is 9.47 Å². The fourth-order valence-corrected chi connectivity index (χ4v) is 1.63. The molecule has 0 saturated carbocycles. The highest BCUT2D eigenvalue weighted by atomic mass is 16.7. The molecule has 0 fully saturated rings. The van der Waals surface area contributed by atoms with Gasteiger partial charge >= 0.3 is 0 Å². The molecule has 1 rings (SSSR count). The highest BCUT2D eigenvalue weighted by Gasteiger charge is 2.12. The summed E-state index contributed by atoms with van der Waals surface area (Å²) in [6, 6.07) is 8.55. The van der Waals surface area contributed by atoms with E-state index >= 15 is 0 Å². The zero-order valence-corrected chi connectivity index (χ0v) is 11.6. The molecule has 3 heteroatoms. The van der Waals surface area contributed by atoms with Crippen molar-refractivity contribution >= 4 is 6.47 Å². The molecule has 1 aromatic rings. The van der Waals surface area contributed by atoms with E-state index in [0.717, 1.165) is 6.42 Å². The van der Waals surface area contributed by atoms with Crippen molar-refractivity contribution in [1.82, 2.24) is 0 Å². The summed E-state index contributed by atoms with van der Waals surface area (Å²) in [5, 5.41) is 0. The van der Waals surface area contributed by atoms with E-state index in [4.69, 9.17) is 4.74 Å². The van der Waals surface area contributed by atoms with Crippen molar-refractivity contribution in [1.29, 1.82) is 0 Å². The monoisotopic (exact) mass is 250 g/mol. The van der Waals surface area contributed by atoms with Crippen LogP contribution in [0.1, 0.15) is 38.8 Å². The van der Waals surface area contributed by atoms with E-state index in [1.165, 1.54) is 11.1 Å². The molecule has 0 heterocycles. The number of benzene rings is 1. The number of hydrogen-bond donors (Lipinski definition) is 0. The van der Waals surface area contributed by atoms with Gasteiger partial charge in [0.1, 0.15) is 0 Å². The lowest BCUT2D eigenvalue weighted by Crippen LogP contribution is -2.14. The molecule has 0 aliphatic rings. The van der Waals surface area contributed by atoms with Gasteiger partial charge in [0, 0.05) is 0 Å². The Morgan fingerprint density at radius 3 is 2.33 bits per heavy atom. The average molecular weight is 250 g/mol. The Morgan fingerprint density at radius 1 is 1.22 bits per heavy atom. The molecule has 0 N–H and O–H groups in total. The van der Waals surface area contributed by atoms with Gasteiger partial charge in [-0.25, -0.2) is 0 Å². The summed E-state index contributed by atoms with van der Waals surface area (Å²) in [6.07, 6.45) is 0.341. The molecule has 0 aliphatic heterocycles. The average Bonchev–Trinajstić information content (AvgIpc) is 2.29. The topological polar surface area (TPSA) is 35.5 Å². The predicted molar refractivity (Wildman–Crippen MR) is 71.4 cm³/mol. The molecule has 0 spiro atoms. The fraction of sp³-hybridized carbons (Fsp3) is 0.533. The number of ether oxygens (including phenoxy) is 2. The maximum Gasteiger partial charge on any atom is 0.295 e. The summed E-state index contributed by atoms with van der Waals surface area (Å²) in [6.45, 7) is 9.25. The third kappa shape index (κ3) is 4.88. The van der Waals surface area contributed by atoms with Gasteiger partial charge in [-0.05, 0) is 29.9 Å². The fourth-order valence-electron chi connectivity index (χ4n) is 1.63. The molecule has 0 aliphatic carbocycles. The van der Waals surface area contributed by atoms with Crippen molar-refractivity contribution < 1.29 is 14.3 Å². The molecular formula is C15H22O3. The van der Waals surface area contributed by atoms with Crippen LogP contribution in [0.3, 0.4) is 0 Å². The molecule has 0 bridgehead atoms. The van der Waals surface area contributed by atoms with Gasteiger partial charge in [-0.1, -0.05) is 45.0 Å². The third-order valence-corrected chi connectivity index (χ3v) is 2.81. The molecule has 1 atom stereocenters. The molecule has 1 unspecified atom stereocenters. The van der Waals surface area contributed by atoms with Gasteiger partial charge in [-0.15, -0.1) is 0 Å². The van der Waals surface area contributed by atoms with E-state index in [2.05, 4.69) is 49.8 Å². The summed E-state index contributed by atoms with van der Waals surface area (Å²) in [5.74, 6) is 0. The minimum absolute atomic E-state index is 0.182. The first-order valence-corrected chi connectivity index (χ1v) is 6.23. The molecule has 0 amide bonds. The second-order valence-electron chi connectivity index (χ2n) is 5.37. The van der Waals surface area contributed by atoms with Crippen LogP contribution in [0.5, 0.6) is 0 Å². The lowest BCUT2D eigenvalue weighted by atomic mass is 9.86. The second kappa shape index (κ2) is 6.55. The molecular weight excluding hydrogens is 228 g/mol. The highest BCUT2D eigenvalue weighted by Crippen LogP contribution is 2.22. The van der Waals surface area contributed by atoms with Crippen molar-refractivity contribution in [3.05, 3.63) is 35.4 Å². The molecule has 18 heavy (non-hydrogen) atoms. The first kappa shape index (κ1) is 14.7. The van der Waals surface area contributed by atoms with Gasteiger partial charge in [0.15, 0.2) is 6.29 Å². The molecule has 0 aromatic heterocycles. The van der Waals surface area contributed by atoms with Gasteiger partial charge in [0.05, 0.1) is 6.61 Å². The van der Waals surface area contributed by atoms with E-state index in [1.54, 1.807) is 6.92 Å². The zero-order valence-electron chi connectivity index (χ0n) is 11.6. The summed E-state index contributed by atoms with van der Waals surface area (Å²) in [5.41, 5.74) is 2.73. The van der Waals surface area contributed by atoms with Crippen LogP contribution < -0.4 is 0 Å². The van der Waals surface area contributed by atoms with Crippen LogP contribution >= 0.6 is 0 Å². The number of hydrogen-bond acceptors (Lipinski definition) is 3. The smallest absolute Gasteiger partial charge is 0.295 e. The maximum atomic E-state index is 10.1. The van der Waals surface area contributed by atoms with E-state index in [1.807, 2.05) is 0 Å². The molecule has 3 nitrogen and oxygen atoms in total. The second-order valence-corrected chi connectivity index (χ2v) is 5.37. The predicted octanol–water partition coefficient (Wildman–Crippen LogP) is 3.06. The number of carbonyl (C=O) groups excluding carboxylic acids is 1. The van der Waals surface area contributed by atoms with Gasteiger partial charge in [-0.3, -0.25) is 4.79 Å². The first-order valence-electron chi connectivity index (χ1n) is 6.23. The van der Waals surface area contributed by atoms with Crippen molar-refractivity contribution in [3.63, 3.8) is 0 Å². The Labute approximate surface area is 109 Å². The van der Waals surface area contributed by atoms with Crippen LogP contribution in [0.25, 0.3) is 0 Å². The normalized spacial score (nSPS) is 13.1. The summed E-state index contributed by atoms with van der Waals surface area (Å²) in [7, 11) is 0. The van der Waals surface area contributed by atoms with E-state index in [0.29, 0.717) is 13.1 Å². The van der Waals surface area contributed by atoms with Gasteiger partial charge in [0.25, 0.3) is 6.47 Å². The minimum Gasteiger partial charge on any atom is -0.438 e. The summed E-state index contributed by atoms with van der Waals surface area (Å²) >= 11 is 0. The van der Waals surface area contributed by atoms with Crippen LogP contribution in [-0.2, 0) is 26.1 Å². The molecule has 0 radical (unpaired) electrons. The van der Waals surface area contributed by atoms with Crippen LogP contribution in [0.2, 0.25) is 0 Å². The Kier molecular flexibility index (Phi) is 5.35. The SMILES string of the molecule is CC(OC=O)OCCc1ccc(C(C)(C)C)cc1. The Hall–Kier alpha value is -1.35. The molecule has 100 valence electrons. The number of carbonyl (C=O) groups is 1. The lowest BCUT2D eigenvalue weighted by Gasteiger charge is -2.19. The van der Waals surface area contributed by atoms with E-state index < -0.39 is 6.29 Å². The maximum absolute atomic E-state index is 10.1. The molecule has 0 saturated heterocycles. The van der Waals surface area contributed by atoms with E-state index in [-0.39, 0.29) is 5.41 Å². The summed E-state index contributed by atoms with van der Waals surface area (Å²) < 4.78 is 9.97. The third-order valence-electron chi connectivity index (χ3n) is 2.81. The Balaban J connectivity index is 2.42. The van der Waals surface area contributed by atoms with E-state index in [9.17, 15) is 4.79 Å². The zero-order chi connectivity index (χ0) is 13.6. The summed E-state index contributed by atoms with van der Waals surface area (Å²) in [4.78, 5) is 10.1. The molecule has 1 aromatic carbocycles. The van der Waals surface area contributed by atoms with Crippen LogP contribution in [0.15, 0.2) is 24.3 Å². The highest BCUT2D eigenvalue weighted by molar-refractivity contribution is 5.37. The van der Waals surface area contributed by atoms with Crippen molar-refractivity contribution in [3.8, 4) is 0 Å². The largest absolute Gasteiger partial charge is 0.438 e. The van der Waals surface area contributed by atoms with Crippen molar-refractivity contribution in [2.75, 3.05) is 6.61 Å². The van der Waals surface area contributed by atoms with Crippen LogP contribution in [0.4, 0.5) is 0 Å². The first-order chi connectivity index (χ1) is 8.43. The number of rotatable bonds is 6. The van der Waals surface area contributed by atoms with Gasteiger partial charge in [0.2, 0.25) is 0 Å². The van der Waals surface area contributed by atoms with Crippen molar-refractivity contribution in [2.45, 2.75) is 45.8 Å². The van der Waals surface area contributed by atoms with Crippen LogP contribution in [-0.4, -0.2) is 19.4 Å². The lowest BCUT2D eigenvalue weighted by molar-refractivity contribution is -0.159. The van der Waals surface area contributed by atoms with Crippen LogP contribution in [0, 0.1) is 0 Å². The Morgan fingerprint density at radius 2 is 1.83 bits per heavy atom. The Bertz CT molecular complexity index is 362. The minimum atomic E-state index is -0.476. The van der Waals surface area contributed by atoms with Crippen molar-refractivity contribution in [2.24, 2.45) is 0 Å². The standard InChI is InChI=1S/C15H22O3/c1-12(18-11-16)17-10-9-13-5-7-14(8-6-13)15(2,3)4/h5-8,11-12H,9-10H2,1-4H3. The quantitative estimate of drug-likeness (QED) is 0.575. The van der Waals surface area contributed by atoms with Gasteiger partial charge in [-0.2, -0.15) is 0 Å².